The van der Waals surface area contributed by atoms with E-state index in [0.29, 0.717) is 27.6 Å². The van der Waals surface area contributed by atoms with Crippen molar-refractivity contribution >= 4 is 43.6 Å². The summed E-state index contributed by atoms with van der Waals surface area (Å²) in [4.78, 5) is 0. The van der Waals surface area contributed by atoms with E-state index in [1.54, 1.807) is 9.13 Å². The van der Waals surface area contributed by atoms with Crippen molar-refractivity contribution in [2.45, 2.75) is 58.5 Å². The molecule has 0 N–H and O–H groups in total. The molecule has 0 fully saturated rings. The molecule has 0 atom stereocenters. The number of para-hydroxylation sites is 2. The van der Waals surface area contributed by atoms with Gasteiger partial charge >= 0.3 is 6.18 Å². The zero-order chi connectivity index (χ0) is 36.9. The monoisotopic (exact) mass is 700 g/mol. The van der Waals surface area contributed by atoms with Gasteiger partial charge < -0.3 is 9.13 Å². The molecule has 0 aliphatic heterocycles. The first kappa shape index (κ1) is 33.7. The molecule has 2 aromatic heterocycles. The number of benzene rings is 6. The predicted molar refractivity (Wildman–Crippen MR) is 203 cm³/mol. The fourth-order valence-corrected chi connectivity index (χ4v) is 7.49. The van der Waals surface area contributed by atoms with Gasteiger partial charge in [-0.25, -0.2) is 8.78 Å². The van der Waals surface area contributed by atoms with Gasteiger partial charge in [-0.15, -0.1) is 0 Å². The van der Waals surface area contributed by atoms with Crippen LogP contribution in [0.1, 0.15) is 58.2 Å². The molecule has 52 heavy (non-hydrogen) atoms. The van der Waals surface area contributed by atoms with Gasteiger partial charge in [0.15, 0.2) is 11.6 Å². The smallest absolute Gasteiger partial charge is 0.309 e. The summed E-state index contributed by atoms with van der Waals surface area (Å²) >= 11 is 0. The van der Waals surface area contributed by atoms with Crippen LogP contribution in [-0.2, 0) is 17.0 Å². The lowest BCUT2D eigenvalue weighted by Gasteiger charge is -2.24. The van der Waals surface area contributed by atoms with Crippen LogP contribution < -0.4 is 0 Å². The number of hydrogen-bond acceptors (Lipinski definition) is 0. The quantitative estimate of drug-likeness (QED) is 0.162. The summed E-state index contributed by atoms with van der Waals surface area (Å²) < 4.78 is 80.9. The molecule has 2 heterocycles. The maximum atomic E-state index is 16.1. The molecule has 262 valence electrons. The van der Waals surface area contributed by atoms with E-state index in [1.807, 2.05) is 84.9 Å². The Morgan fingerprint density at radius 2 is 0.865 bits per heavy atom. The van der Waals surface area contributed by atoms with Gasteiger partial charge in [-0.3, -0.25) is 0 Å². The Kier molecular flexibility index (Phi) is 7.48. The Bertz CT molecular complexity index is 2560. The third-order valence-electron chi connectivity index (χ3n) is 10.2. The van der Waals surface area contributed by atoms with Crippen LogP contribution in [0.25, 0.3) is 66.1 Å². The molecule has 0 aliphatic rings. The summed E-state index contributed by atoms with van der Waals surface area (Å²) in [7, 11) is 0. The summed E-state index contributed by atoms with van der Waals surface area (Å²) in [5.74, 6) is -2.12. The van der Waals surface area contributed by atoms with E-state index >= 15 is 13.2 Å². The number of hydrogen-bond donors (Lipinski definition) is 0. The predicted octanol–water partition coefficient (Wildman–Crippen LogP) is 13.4. The van der Waals surface area contributed by atoms with Crippen molar-refractivity contribution in [2.75, 3.05) is 0 Å². The average molecular weight is 701 g/mol. The van der Waals surface area contributed by atoms with E-state index in [2.05, 4.69) is 41.5 Å². The molecule has 7 heteroatoms. The molecule has 0 saturated heterocycles. The first-order chi connectivity index (χ1) is 24.5. The highest BCUT2D eigenvalue weighted by Gasteiger charge is 2.40. The van der Waals surface area contributed by atoms with Crippen LogP contribution in [0.3, 0.4) is 0 Å². The van der Waals surface area contributed by atoms with E-state index in [-0.39, 0.29) is 27.8 Å². The number of halogens is 5. The van der Waals surface area contributed by atoms with Crippen LogP contribution in [0.4, 0.5) is 22.0 Å². The van der Waals surface area contributed by atoms with Crippen LogP contribution in [0, 0.1) is 11.6 Å². The van der Waals surface area contributed by atoms with E-state index in [9.17, 15) is 8.78 Å². The third kappa shape index (κ3) is 5.37. The zero-order valence-corrected chi connectivity index (χ0v) is 29.8. The molecule has 6 aromatic carbocycles. The fraction of sp³-hybridized carbons (Fsp3) is 0.200. The van der Waals surface area contributed by atoms with Crippen molar-refractivity contribution < 1.29 is 22.0 Å². The van der Waals surface area contributed by atoms with Gasteiger partial charge in [0, 0.05) is 21.5 Å². The second-order valence-electron chi connectivity index (χ2n) is 15.7. The minimum absolute atomic E-state index is 0.111. The number of nitrogens with zero attached hydrogens (tertiary/aromatic N) is 2. The number of rotatable bonds is 3. The molecule has 0 unspecified atom stereocenters. The van der Waals surface area contributed by atoms with Gasteiger partial charge in [-0.1, -0.05) is 108 Å². The van der Waals surface area contributed by atoms with E-state index in [4.69, 9.17) is 0 Å². The van der Waals surface area contributed by atoms with Crippen molar-refractivity contribution in [2.24, 2.45) is 0 Å². The lowest BCUT2D eigenvalue weighted by molar-refractivity contribution is -0.137. The van der Waals surface area contributed by atoms with Crippen molar-refractivity contribution in [3.8, 4) is 22.5 Å². The van der Waals surface area contributed by atoms with Crippen LogP contribution in [-0.4, -0.2) is 9.13 Å². The Balaban J connectivity index is 1.61. The van der Waals surface area contributed by atoms with E-state index in [0.717, 1.165) is 44.8 Å². The van der Waals surface area contributed by atoms with Gasteiger partial charge in [0.2, 0.25) is 0 Å². The molecule has 8 rings (SSSR count). The van der Waals surface area contributed by atoms with Crippen molar-refractivity contribution in [1.82, 2.24) is 9.13 Å². The van der Waals surface area contributed by atoms with Gasteiger partial charge in [0.25, 0.3) is 0 Å². The highest BCUT2D eigenvalue weighted by molar-refractivity contribution is 6.11. The molecule has 0 aliphatic carbocycles. The van der Waals surface area contributed by atoms with Crippen LogP contribution >= 0.6 is 0 Å². The molecular weight excluding hydrogens is 663 g/mol. The van der Waals surface area contributed by atoms with Crippen LogP contribution in [0.5, 0.6) is 0 Å². The largest absolute Gasteiger partial charge is 0.420 e. The topological polar surface area (TPSA) is 9.86 Å². The molecular formula is C45H37F5N2. The molecule has 2 nitrogen and oxygen atoms in total. The second kappa shape index (κ2) is 11.5. The molecule has 0 radical (unpaired) electrons. The lowest BCUT2D eigenvalue weighted by Crippen LogP contribution is -2.17. The van der Waals surface area contributed by atoms with Gasteiger partial charge in [0.05, 0.1) is 33.4 Å². The number of aromatic nitrogens is 2. The summed E-state index contributed by atoms with van der Waals surface area (Å²) in [6, 6.07) is 33.2. The fourth-order valence-electron chi connectivity index (χ4n) is 7.49. The normalized spacial score (nSPS) is 12.9. The highest BCUT2D eigenvalue weighted by atomic mass is 19.4. The Morgan fingerprint density at radius 1 is 0.423 bits per heavy atom. The zero-order valence-electron chi connectivity index (χ0n) is 29.8. The Morgan fingerprint density at radius 3 is 1.29 bits per heavy atom. The summed E-state index contributed by atoms with van der Waals surface area (Å²) in [6.45, 7) is 12.4. The highest BCUT2D eigenvalue weighted by Crippen LogP contribution is 2.47. The second-order valence-corrected chi connectivity index (χ2v) is 15.7. The first-order valence-corrected chi connectivity index (χ1v) is 17.3. The maximum Gasteiger partial charge on any atom is 0.420 e. The van der Waals surface area contributed by atoms with Gasteiger partial charge in [-0.05, 0) is 81.6 Å². The lowest BCUT2D eigenvalue weighted by atomic mass is 9.86. The van der Waals surface area contributed by atoms with Crippen molar-refractivity contribution in [3.05, 3.63) is 144 Å². The average Bonchev–Trinajstić information content (AvgIpc) is 3.60. The summed E-state index contributed by atoms with van der Waals surface area (Å²) in [5, 5.41) is 3.22. The maximum absolute atomic E-state index is 16.1. The minimum Gasteiger partial charge on any atom is -0.309 e. The summed E-state index contributed by atoms with van der Waals surface area (Å²) in [6.07, 6.45) is -4.84. The Labute approximate surface area is 298 Å². The van der Waals surface area contributed by atoms with Crippen molar-refractivity contribution in [3.63, 3.8) is 0 Å². The summed E-state index contributed by atoms with van der Waals surface area (Å²) in [5.41, 5.74) is 3.29. The minimum atomic E-state index is -4.84. The van der Waals surface area contributed by atoms with E-state index in [1.165, 1.54) is 18.2 Å². The third-order valence-corrected chi connectivity index (χ3v) is 10.2. The number of fused-ring (bicyclic) bond motifs is 6. The molecule has 0 spiro atoms. The van der Waals surface area contributed by atoms with Gasteiger partial charge in [0.1, 0.15) is 5.56 Å². The van der Waals surface area contributed by atoms with Gasteiger partial charge in [-0.2, -0.15) is 13.2 Å². The van der Waals surface area contributed by atoms with Crippen molar-refractivity contribution in [1.29, 1.82) is 0 Å². The standard InChI is InChI=1S/C45H37F5N2/c1-43(2,3)28-16-18-32-30-11-7-9-13-36(30)51(38(32)24-28)40-22-27(26-15-20-34(46)35(47)21-26)23-41(42(40)45(48,49)50)52-37-14-10-8-12-31(37)33-19-17-29(25-39(33)52)44(4,5)6/h7-25H,1-6H3. The molecule has 0 amide bonds. The first-order valence-electron chi connectivity index (χ1n) is 17.3. The molecule has 0 saturated carbocycles. The van der Waals surface area contributed by atoms with Crippen LogP contribution in [0.15, 0.2) is 115 Å². The molecule has 0 bridgehead atoms. The number of alkyl halides is 3. The van der Waals surface area contributed by atoms with E-state index < -0.39 is 23.4 Å². The SMILES string of the molecule is CC(C)(C)c1ccc2c3ccccc3n(-c3cc(-c4ccc(F)c(F)c4)cc(-n4c5ccccc5c5ccc(C(C)(C)C)cc54)c3C(F)(F)F)c2c1. The van der Waals surface area contributed by atoms with Crippen LogP contribution in [0.2, 0.25) is 0 Å². The molecule has 8 aromatic rings. The Hall–Kier alpha value is -5.43.